The van der Waals surface area contributed by atoms with E-state index in [9.17, 15) is 25.9 Å². The second-order valence-electron chi connectivity index (χ2n) is 18.5. The largest absolute Gasteiger partial charge is 2.00 e. The van der Waals surface area contributed by atoms with Gasteiger partial charge >= 0.3 is 48.9 Å². The zero-order valence-electron chi connectivity index (χ0n) is 41.4. The first-order valence-electron chi connectivity index (χ1n) is 26.0. The number of hydrogen-bond donors (Lipinski definition) is 0. The van der Waals surface area contributed by atoms with Crippen molar-refractivity contribution in [1.29, 1.82) is 0 Å². The van der Waals surface area contributed by atoms with Crippen LogP contribution in [-0.2, 0) is 45.9 Å². The van der Waals surface area contributed by atoms with Crippen LogP contribution >= 0.6 is 0 Å². The third kappa shape index (κ3) is 22.8. The van der Waals surface area contributed by atoms with Crippen molar-refractivity contribution in [3.05, 3.63) is 82.9 Å². The molecule has 0 aromatic heterocycles. The van der Waals surface area contributed by atoms with Crippen molar-refractivity contribution in [3.8, 4) is 0 Å². The zero-order chi connectivity index (χ0) is 46.5. The van der Waals surface area contributed by atoms with Gasteiger partial charge in [0.2, 0.25) is 0 Å². The summed E-state index contributed by atoms with van der Waals surface area (Å²) in [4.78, 5) is -0.170. The van der Waals surface area contributed by atoms with Gasteiger partial charge in [-0.15, -0.1) is 0 Å². The molecule has 0 saturated heterocycles. The Morgan fingerprint density at radius 1 is 0.323 bits per heavy atom. The second-order valence-corrected chi connectivity index (χ2v) is 21.2. The third-order valence-electron chi connectivity index (χ3n) is 13.2. The molecule has 0 radical (unpaired) electrons. The van der Waals surface area contributed by atoms with Crippen molar-refractivity contribution < 1.29 is 25.9 Å². The van der Waals surface area contributed by atoms with E-state index in [-0.39, 0.29) is 58.7 Å². The topological polar surface area (TPSA) is 114 Å². The van der Waals surface area contributed by atoms with Gasteiger partial charge < -0.3 is 9.11 Å². The molecule has 6 nitrogen and oxygen atoms in total. The molecule has 360 valence electrons. The van der Waals surface area contributed by atoms with Crippen molar-refractivity contribution in [2.45, 2.75) is 243 Å². The SMILES string of the molecule is CCCCCCCCCc1ccc2c(S(=O)(=O)[O-])cccc2c1CCCCCCCCC.CCCCCCCCCc1ccc2c(S(=O)(=O)[O-])cccc2c1CCCCCCCCC.[Ba+2]. The van der Waals surface area contributed by atoms with E-state index >= 15 is 0 Å². The molecule has 0 bridgehead atoms. The predicted molar refractivity (Wildman–Crippen MR) is 276 cm³/mol. The molecule has 4 rings (SSSR count). The normalized spacial score (nSPS) is 11.8. The van der Waals surface area contributed by atoms with Crippen LogP contribution in [0.25, 0.3) is 21.5 Å². The minimum Gasteiger partial charge on any atom is -0.744 e. The number of benzene rings is 4. The van der Waals surface area contributed by atoms with Crippen molar-refractivity contribution >= 4 is 90.7 Å². The zero-order valence-corrected chi connectivity index (χ0v) is 47.4. The van der Waals surface area contributed by atoms with Crippen LogP contribution in [0.2, 0.25) is 0 Å². The van der Waals surface area contributed by atoms with Crippen LogP contribution in [0.3, 0.4) is 0 Å². The molecule has 0 amide bonds. The molecule has 0 spiro atoms. The first-order valence-corrected chi connectivity index (χ1v) is 28.8. The fourth-order valence-corrected chi connectivity index (χ4v) is 10.8. The fourth-order valence-electron chi connectivity index (χ4n) is 9.43. The summed E-state index contributed by atoms with van der Waals surface area (Å²) in [5, 5.41) is 3.08. The molecule has 0 N–H and O–H groups in total. The fraction of sp³-hybridized carbons (Fsp3) is 0.643. The molecule has 0 aliphatic rings. The Hall–Kier alpha value is -1.21. The van der Waals surface area contributed by atoms with Crippen molar-refractivity contribution in [2.24, 2.45) is 0 Å². The minimum absolute atomic E-state index is 0. The predicted octanol–water partition coefficient (Wildman–Crippen LogP) is 16.3. The Morgan fingerprint density at radius 3 is 0.862 bits per heavy atom. The van der Waals surface area contributed by atoms with Gasteiger partial charge in [0.25, 0.3) is 0 Å². The van der Waals surface area contributed by atoms with E-state index in [2.05, 4.69) is 39.8 Å². The van der Waals surface area contributed by atoms with Gasteiger partial charge in [-0.05, 0) is 107 Å². The Labute approximate surface area is 438 Å². The Balaban J connectivity index is 0.000000440. The van der Waals surface area contributed by atoms with E-state index in [1.165, 1.54) is 201 Å². The quantitative estimate of drug-likeness (QED) is 0.0261. The van der Waals surface area contributed by atoms with Gasteiger partial charge in [-0.25, -0.2) is 16.8 Å². The van der Waals surface area contributed by atoms with Crippen LogP contribution < -0.4 is 0 Å². The molecule has 0 saturated carbocycles. The molecule has 65 heavy (non-hydrogen) atoms. The summed E-state index contributed by atoms with van der Waals surface area (Å²) in [6, 6.07) is 18.2. The molecule has 0 atom stereocenters. The molecule has 0 aliphatic carbocycles. The third-order valence-corrected chi connectivity index (χ3v) is 14.9. The van der Waals surface area contributed by atoms with Gasteiger partial charge in [0.05, 0.1) is 9.79 Å². The van der Waals surface area contributed by atoms with E-state index in [1.54, 1.807) is 12.1 Å². The van der Waals surface area contributed by atoms with Crippen LogP contribution in [0.5, 0.6) is 0 Å². The van der Waals surface area contributed by atoms with Crippen molar-refractivity contribution in [2.75, 3.05) is 0 Å². The van der Waals surface area contributed by atoms with Gasteiger partial charge in [0.1, 0.15) is 20.2 Å². The van der Waals surface area contributed by atoms with Gasteiger partial charge in [0, 0.05) is 0 Å². The Kier molecular flexibility index (Phi) is 32.2. The maximum absolute atomic E-state index is 11.8. The van der Waals surface area contributed by atoms with Crippen molar-refractivity contribution in [1.82, 2.24) is 0 Å². The average Bonchev–Trinajstić information content (AvgIpc) is 3.27. The van der Waals surface area contributed by atoms with E-state index in [0.29, 0.717) is 10.8 Å². The molecule has 4 aromatic rings. The summed E-state index contributed by atoms with van der Waals surface area (Å²) < 4.78 is 70.8. The first kappa shape index (κ1) is 59.9. The van der Waals surface area contributed by atoms with Gasteiger partial charge in [-0.2, -0.15) is 0 Å². The van der Waals surface area contributed by atoms with E-state index in [0.717, 1.165) is 49.3 Å². The molecule has 0 aliphatic heterocycles. The standard InChI is InChI=1S/2C28H44O3S.Ba/c2*1-3-5-7-9-11-13-15-18-24-22-23-27-26(20-17-21-28(27)32(29,30)31)25(24)19-16-14-12-10-8-6-4-2;/h2*17,20-23H,3-16,18-19H2,1-2H3,(H,29,30,31);/q;;+2/p-2. The van der Waals surface area contributed by atoms with Crippen LogP contribution in [-0.4, -0.2) is 74.8 Å². The number of rotatable bonds is 34. The minimum atomic E-state index is -4.48. The Bertz CT molecular complexity index is 1960. The van der Waals surface area contributed by atoms with Crippen LogP contribution in [0.1, 0.15) is 230 Å². The maximum Gasteiger partial charge on any atom is 2.00 e. The number of aryl methyl sites for hydroxylation is 4. The molecule has 0 unspecified atom stereocenters. The summed E-state index contributed by atoms with van der Waals surface area (Å²) in [6.07, 6.45) is 39.5. The number of fused-ring (bicyclic) bond motifs is 2. The summed E-state index contributed by atoms with van der Waals surface area (Å²) in [6.45, 7) is 8.97. The monoisotopic (exact) mass is 1060 g/mol. The molecular formula is C56H86BaO6S2. The first-order chi connectivity index (χ1) is 31.0. The van der Waals surface area contributed by atoms with Crippen LogP contribution in [0.15, 0.2) is 70.5 Å². The van der Waals surface area contributed by atoms with Gasteiger partial charge in [-0.3, -0.25) is 0 Å². The van der Waals surface area contributed by atoms with Gasteiger partial charge in [-0.1, -0.05) is 230 Å². The van der Waals surface area contributed by atoms with Crippen LogP contribution in [0, 0.1) is 0 Å². The molecule has 4 aromatic carbocycles. The van der Waals surface area contributed by atoms with E-state index in [4.69, 9.17) is 0 Å². The summed E-state index contributed by atoms with van der Waals surface area (Å²) >= 11 is 0. The summed E-state index contributed by atoms with van der Waals surface area (Å²) in [7, 11) is -8.96. The summed E-state index contributed by atoms with van der Waals surface area (Å²) in [5.41, 5.74) is 5.18. The molecule has 9 heteroatoms. The molecule has 0 fully saturated rings. The van der Waals surface area contributed by atoms with Crippen LogP contribution in [0.4, 0.5) is 0 Å². The number of unbranched alkanes of at least 4 members (excludes halogenated alkanes) is 24. The van der Waals surface area contributed by atoms with Crippen molar-refractivity contribution in [3.63, 3.8) is 0 Å². The van der Waals surface area contributed by atoms with E-state index < -0.39 is 20.2 Å². The number of hydrogen-bond acceptors (Lipinski definition) is 6. The second kappa shape index (κ2) is 35.0. The molecule has 0 heterocycles. The summed E-state index contributed by atoms with van der Waals surface area (Å²) in [5.74, 6) is 0. The van der Waals surface area contributed by atoms with E-state index in [1.807, 2.05) is 24.3 Å². The average molecular weight is 1060 g/mol. The maximum atomic E-state index is 11.8. The van der Waals surface area contributed by atoms with Gasteiger partial charge in [0.15, 0.2) is 0 Å². The molecular weight excluding hydrogens is 970 g/mol. The Morgan fingerprint density at radius 2 is 0.585 bits per heavy atom. The smallest absolute Gasteiger partial charge is 0.744 e.